The van der Waals surface area contributed by atoms with Crippen LogP contribution in [0.15, 0.2) is 0 Å². The minimum Gasteiger partial charge on any atom is -0.328 e. The van der Waals surface area contributed by atoms with Crippen LogP contribution in [0.5, 0.6) is 0 Å². The second-order valence-electron chi connectivity index (χ2n) is 13.1. The first-order valence-corrected chi connectivity index (χ1v) is 14.5. The van der Waals surface area contributed by atoms with Gasteiger partial charge in [0.25, 0.3) is 0 Å². The van der Waals surface area contributed by atoms with Crippen LogP contribution in [0.3, 0.4) is 0 Å². The lowest BCUT2D eigenvalue weighted by Crippen LogP contribution is -2.43. The predicted octanol–water partition coefficient (Wildman–Crippen LogP) is 3.15. The molecule has 2 fully saturated rings. The van der Waals surface area contributed by atoms with Crippen LogP contribution in [0.1, 0.15) is 72.6 Å². The van der Waals surface area contributed by atoms with E-state index in [2.05, 4.69) is 28.2 Å². The Hall–Kier alpha value is -1.80. The Morgan fingerprint density at radius 2 is 0.703 bits per heavy atom. The van der Waals surface area contributed by atoms with Gasteiger partial charge in [0.15, 0.2) is 0 Å². The number of carbonyl (C=O) groups is 4. The van der Waals surface area contributed by atoms with E-state index in [0.717, 1.165) is 48.0 Å². The molecule has 4 atom stereocenters. The fourth-order valence-electron chi connectivity index (χ4n) is 5.64. The van der Waals surface area contributed by atoms with E-state index in [0.29, 0.717) is 13.1 Å². The Kier molecular flexibility index (Phi) is 11.3. The molecule has 0 aromatic rings. The molecule has 2 aliphatic rings. The summed E-state index contributed by atoms with van der Waals surface area (Å²) in [6, 6.07) is 0. The average molecular weight is 523 g/mol. The summed E-state index contributed by atoms with van der Waals surface area (Å²) in [7, 11) is 8.96. The van der Waals surface area contributed by atoms with E-state index in [4.69, 9.17) is 0 Å². The summed E-state index contributed by atoms with van der Waals surface area (Å²) in [6.45, 7) is 12.7. The van der Waals surface area contributed by atoms with Gasteiger partial charge in [0.1, 0.15) is 0 Å². The Morgan fingerprint density at radius 1 is 0.459 bits per heavy atom. The summed E-state index contributed by atoms with van der Waals surface area (Å²) in [5.41, 5.74) is 0. The quantitative estimate of drug-likeness (QED) is 0.177. The average Bonchev–Trinajstić information content (AvgIpc) is 3.12. The van der Waals surface area contributed by atoms with Crippen molar-refractivity contribution >= 4 is 23.6 Å². The molecule has 8 nitrogen and oxygen atoms in total. The van der Waals surface area contributed by atoms with Gasteiger partial charge in [-0.2, -0.15) is 0 Å². The summed E-state index contributed by atoms with van der Waals surface area (Å²) in [5, 5.41) is 0. The maximum atomic E-state index is 12.3. The van der Waals surface area contributed by atoms with Gasteiger partial charge in [-0.1, -0.05) is 34.1 Å². The van der Waals surface area contributed by atoms with Crippen LogP contribution in [-0.2, 0) is 19.2 Å². The van der Waals surface area contributed by atoms with Gasteiger partial charge >= 0.3 is 0 Å². The van der Waals surface area contributed by atoms with Crippen LogP contribution in [0.2, 0.25) is 0 Å². The van der Waals surface area contributed by atoms with Gasteiger partial charge < -0.3 is 8.97 Å². The molecule has 0 aromatic carbocycles. The number of carbonyl (C=O) groups excluding carboxylic acids is 4. The van der Waals surface area contributed by atoms with E-state index in [1.54, 1.807) is 0 Å². The first-order valence-electron chi connectivity index (χ1n) is 14.5. The van der Waals surface area contributed by atoms with Gasteiger partial charge in [0.05, 0.1) is 54.4 Å². The van der Waals surface area contributed by atoms with Crippen molar-refractivity contribution in [1.82, 2.24) is 9.80 Å². The lowest BCUT2D eigenvalue weighted by Gasteiger charge is -2.31. The zero-order valence-electron chi connectivity index (χ0n) is 24.9. The molecule has 0 spiro atoms. The minimum absolute atomic E-state index is 0.00864. The standard InChI is InChI=1S/C29H54N4O4/c1-22-23(2)27(35)30(26(22)34)16-14-20-32(5,6)18-12-10-9-11-13-19-33(7,8)21-15-17-31-28(36)24(3)25(4)29(31)37/h22-25H,9-21H2,1-8H3/q+2/t22-,23-,24-,25-/m1/s1. The van der Waals surface area contributed by atoms with Crippen LogP contribution < -0.4 is 0 Å². The SMILES string of the molecule is C[C@H]1C(=O)N(CCC[N+](C)(C)CCCCCCC[N+](C)(C)CCCN2C(=O)[C@H](C)[C@@H](C)C2=O)C(=O)[C@@H]1C. The van der Waals surface area contributed by atoms with Crippen molar-refractivity contribution in [1.29, 1.82) is 0 Å². The van der Waals surface area contributed by atoms with E-state index >= 15 is 0 Å². The van der Waals surface area contributed by atoms with Gasteiger partial charge in [-0.25, -0.2) is 0 Å². The molecule has 2 rings (SSSR count). The summed E-state index contributed by atoms with van der Waals surface area (Å²) >= 11 is 0. The normalized spacial score (nSPS) is 25.2. The Bertz CT molecular complexity index is 719. The lowest BCUT2D eigenvalue weighted by atomic mass is 10.00. The molecule has 0 aromatic heterocycles. The third-order valence-corrected chi connectivity index (χ3v) is 8.94. The molecule has 4 amide bonds. The Balaban J connectivity index is 1.54. The first-order chi connectivity index (χ1) is 17.2. The Labute approximate surface area is 225 Å². The molecule has 0 bridgehead atoms. The number of nitrogens with zero attached hydrogens (tertiary/aromatic N) is 4. The van der Waals surface area contributed by atoms with Crippen LogP contribution in [0, 0.1) is 23.7 Å². The molecule has 0 saturated carbocycles. The molecule has 37 heavy (non-hydrogen) atoms. The highest BCUT2D eigenvalue weighted by Crippen LogP contribution is 2.26. The number of hydrogen-bond acceptors (Lipinski definition) is 4. The van der Waals surface area contributed by atoms with Crippen molar-refractivity contribution in [2.75, 3.05) is 67.5 Å². The van der Waals surface area contributed by atoms with E-state index in [1.807, 2.05) is 27.7 Å². The van der Waals surface area contributed by atoms with Crippen molar-refractivity contribution < 1.29 is 28.1 Å². The lowest BCUT2D eigenvalue weighted by molar-refractivity contribution is -0.890. The molecule has 0 aliphatic carbocycles. The number of likely N-dealkylation sites (tertiary alicyclic amines) is 2. The van der Waals surface area contributed by atoms with Crippen molar-refractivity contribution in [2.24, 2.45) is 23.7 Å². The molecule has 212 valence electrons. The van der Waals surface area contributed by atoms with Crippen molar-refractivity contribution in [2.45, 2.75) is 72.6 Å². The smallest absolute Gasteiger partial charge is 0.232 e. The predicted molar refractivity (Wildman–Crippen MR) is 146 cm³/mol. The molecule has 0 N–H and O–H groups in total. The van der Waals surface area contributed by atoms with Gasteiger partial charge in [0, 0.05) is 49.6 Å². The van der Waals surface area contributed by atoms with Crippen LogP contribution in [0.25, 0.3) is 0 Å². The zero-order valence-corrected chi connectivity index (χ0v) is 24.9. The van der Waals surface area contributed by atoms with Gasteiger partial charge in [-0.3, -0.25) is 29.0 Å². The van der Waals surface area contributed by atoms with Crippen molar-refractivity contribution in [3.63, 3.8) is 0 Å². The summed E-state index contributed by atoms with van der Waals surface area (Å²) < 4.78 is 1.84. The third kappa shape index (κ3) is 8.60. The molecule has 2 saturated heterocycles. The number of hydrogen-bond donors (Lipinski definition) is 0. The van der Waals surface area contributed by atoms with E-state index in [9.17, 15) is 19.2 Å². The summed E-state index contributed by atoms with van der Waals surface area (Å²) in [5.74, 6) is -0.762. The van der Waals surface area contributed by atoms with Gasteiger partial charge in [-0.15, -0.1) is 0 Å². The minimum atomic E-state index is -0.182. The number of quaternary nitrogens is 2. The van der Waals surface area contributed by atoms with E-state index < -0.39 is 0 Å². The maximum Gasteiger partial charge on any atom is 0.232 e. The molecule has 2 aliphatic heterocycles. The van der Waals surface area contributed by atoms with Gasteiger partial charge in [0.2, 0.25) is 23.6 Å². The van der Waals surface area contributed by atoms with Crippen LogP contribution in [-0.4, -0.2) is 110 Å². The zero-order chi connectivity index (χ0) is 28.0. The number of amides is 4. The highest BCUT2D eigenvalue weighted by molar-refractivity contribution is 6.05. The largest absolute Gasteiger partial charge is 0.328 e. The maximum absolute atomic E-state index is 12.3. The van der Waals surface area contributed by atoms with E-state index in [-0.39, 0.29) is 47.3 Å². The molecule has 8 heteroatoms. The van der Waals surface area contributed by atoms with Gasteiger partial charge in [-0.05, 0) is 25.7 Å². The summed E-state index contributed by atoms with van der Waals surface area (Å²) in [4.78, 5) is 52.0. The highest BCUT2D eigenvalue weighted by atomic mass is 16.2. The van der Waals surface area contributed by atoms with Crippen LogP contribution >= 0.6 is 0 Å². The highest BCUT2D eigenvalue weighted by Gasteiger charge is 2.42. The fourth-order valence-corrected chi connectivity index (χ4v) is 5.64. The van der Waals surface area contributed by atoms with Crippen LogP contribution in [0.4, 0.5) is 0 Å². The number of imide groups is 2. The Morgan fingerprint density at radius 3 is 1.00 bits per heavy atom. The summed E-state index contributed by atoms with van der Waals surface area (Å²) in [6.07, 6.45) is 7.78. The van der Waals surface area contributed by atoms with Crippen molar-refractivity contribution in [3.8, 4) is 0 Å². The molecular weight excluding hydrogens is 468 g/mol. The molecule has 2 heterocycles. The van der Waals surface area contributed by atoms with E-state index in [1.165, 1.54) is 41.9 Å². The first kappa shape index (κ1) is 31.4. The topological polar surface area (TPSA) is 74.8 Å². The monoisotopic (exact) mass is 522 g/mol. The molecule has 0 radical (unpaired) electrons. The fraction of sp³-hybridized carbons (Fsp3) is 0.862. The second kappa shape index (κ2) is 13.3. The third-order valence-electron chi connectivity index (χ3n) is 8.94. The number of unbranched alkanes of at least 4 members (excludes halogenated alkanes) is 4. The molecule has 0 unspecified atom stereocenters. The number of rotatable bonds is 16. The second-order valence-corrected chi connectivity index (χ2v) is 13.1. The van der Waals surface area contributed by atoms with Crippen molar-refractivity contribution in [3.05, 3.63) is 0 Å². The molecular formula is C29H54N4O4+2.